The van der Waals surface area contributed by atoms with Gasteiger partial charge in [-0.15, -0.1) is 0 Å². The second kappa shape index (κ2) is 10.6. The number of carbonyl (C=O) groups is 1. The minimum Gasteiger partial charge on any atom is -0.493 e. The molecule has 0 radical (unpaired) electrons. The van der Waals surface area contributed by atoms with Crippen LogP contribution in [-0.2, 0) is 11.3 Å². The molecular weight excluding hydrogens is 510 g/mol. The molecule has 1 fully saturated rings. The number of nitrogens with zero attached hydrogens (tertiary/aromatic N) is 4. The molecule has 0 aliphatic carbocycles. The molecule has 1 saturated heterocycles. The lowest BCUT2D eigenvalue weighted by Crippen LogP contribution is -2.41. The monoisotopic (exact) mass is 541 g/mol. The molecule has 3 aromatic carbocycles. The molecule has 200 valence electrons. The van der Waals surface area contributed by atoms with Gasteiger partial charge in [0.2, 0.25) is 5.91 Å². The molecule has 3 heterocycles. The van der Waals surface area contributed by atoms with Gasteiger partial charge in [0.1, 0.15) is 0 Å². The normalized spacial score (nSPS) is 14.2. The van der Waals surface area contributed by atoms with E-state index in [0.29, 0.717) is 24.1 Å². The number of fused-ring (bicyclic) bond motifs is 2. The van der Waals surface area contributed by atoms with E-state index < -0.39 is 0 Å². The number of methoxy groups -OCH3 is 2. The van der Waals surface area contributed by atoms with E-state index in [4.69, 9.17) is 14.5 Å². The number of hydrogen-bond donors (Lipinski definition) is 1. The number of carbonyl (C=O) groups excluding carboxylic acids is 1. The van der Waals surface area contributed by atoms with Crippen molar-refractivity contribution in [1.82, 2.24) is 19.4 Å². The summed E-state index contributed by atoms with van der Waals surface area (Å²) in [7, 11) is 3.28. The van der Waals surface area contributed by atoms with Crippen LogP contribution in [-0.4, -0.2) is 58.7 Å². The average Bonchev–Trinajstić information content (AvgIpc) is 3.55. The molecule has 1 aliphatic rings. The summed E-state index contributed by atoms with van der Waals surface area (Å²) >= 11 is 1.68. The predicted molar refractivity (Wildman–Crippen MR) is 156 cm³/mol. The van der Waals surface area contributed by atoms with Crippen LogP contribution in [0.2, 0.25) is 0 Å². The van der Waals surface area contributed by atoms with Crippen LogP contribution < -0.4 is 14.8 Å². The van der Waals surface area contributed by atoms with Crippen LogP contribution in [0.1, 0.15) is 25.3 Å². The molecular formula is C30H31N5O3S. The van der Waals surface area contributed by atoms with E-state index in [1.165, 1.54) is 11.1 Å². The number of amides is 1. The molecule has 9 heteroatoms. The molecule has 5 aromatic rings. The number of rotatable bonds is 7. The predicted octanol–water partition coefficient (Wildman–Crippen LogP) is 5.80. The maximum absolute atomic E-state index is 11.6. The molecule has 2 aromatic heterocycles. The third-order valence-corrected chi connectivity index (χ3v) is 8.40. The van der Waals surface area contributed by atoms with Crippen LogP contribution in [0.25, 0.3) is 32.4 Å². The quantitative estimate of drug-likeness (QED) is 0.280. The van der Waals surface area contributed by atoms with Gasteiger partial charge in [-0.1, -0.05) is 41.7 Å². The van der Waals surface area contributed by atoms with Gasteiger partial charge < -0.3 is 24.3 Å². The van der Waals surface area contributed by atoms with Gasteiger partial charge in [0.25, 0.3) is 0 Å². The van der Waals surface area contributed by atoms with Crippen LogP contribution in [0.3, 0.4) is 0 Å². The molecule has 0 atom stereocenters. The molecule has 6 rings (SSSR count). The zero-order valence-electron chi connectivity index (χ0n) is 22.3. The molecule has 0 bridgehead atoms. The Labute approximate surface area is 231 Å². The molecule has 0 spiro atoms. The number of likely N-dealkylation sites (tertiary alicyclic amines) is 1. The van der Waals surface area contributed by atoms with Crippen molar-refractivity contribution in [2.45, 2.75) is 32.4 Å². The number of nitrogens with one attached hydrogen (secondary N) is 1. The Morgan fingerprint density at radius 3 is 2.56 bits per heavy atom. The lowest BCUT2D eigenvalue weighted by Gasteiger charge is -2.31. The van der Waals surface area contributed by atoms with E-state index >= 15 is 0 Å². The number of anilines is 1. The Morgan fingerprint density at radius 1 is 1.03 bits per heavy atom. The fourth-order valence-electron chi connectivity index (χ4n) is 5.30. The van der Waals surface area contributed by atoms with Crippen molar-refractivity contribution in [1.29, 1.82) is 0 Å². The third-order valence-electron chi connectivity index (χ3n) is 7.45. The van der Waals surface area contributed by atoms with Crippen LogP contribution in [0, 0.1) is 0 Å². The van der Waals surface area contributed by atoms with E-state index in [0.717, 1.165) is 57.9 Å². The number of thiazole rings is 1. The smallest absolute Gasteiger partial charge is 0.219 e. The summed E-state index contributed by atoms with van der Waals surface area (Å²) in [5.74, 6) is 1.51. The lowest BCUT2D eigenvalue weighted by atomic mass is 9.99. The van der Waals surface area contributed by atoms with E-state index in [9.17, 15) is 4.79 Å². The Bertz CT molecular complexity index is 1650. The minimum atomic E-state index is 0.155. The van der Waals surface area contributed by atoms with Gasteiger partial charge in [0, 0.05) is 44.7 Å². The van der Waals surface area contributed by atoms with Crippen molar-refractivity contribution >= 4 is 43.6 Å². The van der Waals surface area contributed by atoms with Crippen molar-refractivity contribution in [3.63, 3.8) is 0 Å². The summed E-state index contributed by atoms with van der Waals surface area (Å²) < 4.78 is 14.3. The van der Waals surface area contributed by atoms with Gasteiger partial charge in [-0.05, 0) is 41.7 Å². The number of benzene rings is 3. The van der Waals surface area contributed by atoms with Gasteiger partial charge in [-0.3, -0.25) is 4.79 Å². The van der Waals surface area contributed by atoms with Gasteiger partial charge in [0.15, 0.2) is 16.6 Å². The third kappa shape index (κ3) is 5.02. The molecule has 1 N–H and O–H groups in total. The number of imidazole rings is 1. The van der Waals surface area contributed by atoms with Crippen molar-refractivity contribution in [2.75, 3.05) is 32.6 Å². The van der Waals surface area contributed by atoms with Gasteiger partial charge in [-0.2, -0.15) is 0 Å². The summed E-state index contributed by atoms with van der Waals surface area (Å²) in [6.45, 7) is 3.91. The molecule has 0 unspecified atom stereocenters. The fourth-order valence-corrected chi connectivity index (χ4v) is 6.28. The van der Waals surface area contributed by atoms with Crippen LogP contribution in [0.4, 0.5) is 5.13 Å². The van der Waals surface area contributed by atoms with Crippen molar-refractivity contribution in [3.05, 3.63) is 66.5 Å². The standard InChI is InChI=1S/C30H31N5O3S/c1-19(36)34-12-10-22(11-13-34)32-30-33-24-9-8-20(14-29(24)39-30)23-7-5-4-6-21(23)17-35-18-31-25-15-27(37-2)28(38-3)16-26(25)35/h4-9,14-16,18,22H,10-13,17H2,1-3H3,(H,32,33). The maximum Gasteiger partial charge on any atom is 0.219 e. The van der Waals surface area contributed by atoms with Crippen molar-refractivity contribution in [3.8, 4) is 22.6 Å². The first-order valence-electron chi connectivity index (χ1n) is 13.1. The zero-order chi connectivity index (χ0) is 26.9. The van der Waals surface area contributed by atoms with Gasteiger partial charge >= 0.3 is 0 Å². The molecule has 1 aliphatic heterocycles. The summed E-state index contributed by atoms with van der Waals surface area (Å²) in [5.41, 5.74) is 6.39. The zero-order valence-corrected chi connectivity index (χ0v) is 23.1. The number of aromatic nitrogens is 3. The largest absolute Gasteiger partial charge is 0.493 e. The van der Waals surface area contributed by atoms with Crippen LogP contribution in [0.5, 0.6) is 11.5 Å². The Morgan fingerprint density at radius 2 is 1.79 bits per heavy atom. The van der Waals surface area contributed by atoms with E-state index in [2.05, 4.69) is 57.3 Å². The second-order valence-electron chi connectivity index (χ2n) is 9.85. The maximum atomic E-state index is 11.6. The molecule has 39 heavy (non-hydrogen) atoms. The summed E-state index contributed by atoms with van der Waals surface area (Å²) in [4.78, 5) is 23.0. The van der Waals surface area contributed by atoms with Crippen LogP contribution in [0.15, 0.2) is 60.9 Å². The minimum absolute atomic E-state index is 0.155. The Hall–Kier alpha value is -4.11. The average molecular weight is 542 g/mol. The topological polar surface area (TPSA) is 81.5 Å². The highest BCUT2D eigenvalue weighted by atomic mass is 32.1. The first kappa shape index (κ1) is 25.2. The van der Waals surface area contributed by atoms with Crippen molar-refractivity contribution < 1.29 is 14.3 Å². The van der Waals surface area contributed by atoms with Gasteiger partial charge in [-0.25, -0.2) is 9.97 Å². The lowest BCUT2D eigenvalue weighted by molar-refractivity contribution is -0.129. The molecule has 1 amide bonds. The summed E-state index contributed by atoms with van der Waals surface area (Å²) in [6, 6.07) is 19.2. The Balaban J connectivity index is 1.25. The van der Waals surface area contributed by atoms with Crippen molar-refractivity contribution in [2.24, 2.45) is 0 Å². The van der Waals surface area contributed by atoms with E-state index in [1.807, 2.05) is 23.4 Å². The van der Waals surface area contributed by atoms with Gasteiger partial charge in [0.05, 0.1) is 41.8 Å². The SMILES string of the molecule is COc1cc2ncn(Cc3ccccc3-c3ccc4nc(NC5CCN(C(C)=O)CC5)sc4c3)c2cc1OC. The second-order valence-corrected chi connectivity index (χ2v) is 10.9. The van der Waals surface area contributed by atoms with Crippen LogP contribution >= 0.6 is 11.3 Å². The number of ether oxygens (including phenoxy) is 2. The highest BCUT2D eigenvalue weighted by Gasteiger charge is 2.21. The molecule has 0 saturated carbocycles. The Kier molecular flexibility index (Phi) is 6.83. The number of hydrogen-bond acceptors (Lipinski definition) is 7. The van der Waals surface area contributed by atoms with E-state index in [1.54, 1.807) is 32.5 Å². The fraction of sp³-hybridized carbons (Fsp3) is 0.300. The number of piperidine rings is 1. The highest BCUT2D eigenvalue weighted by molar-refractivity contribution is 7.22. The summed E-state index contributed by atoms with van der Waals surface area (Å²) in [6.07, 6.45) is 3.75. The van der Waals surface area contributed by atoms with E-state index in [-0.39, 0.29) is 5.91 Å². The molecule has 8 nitrogen and oxygen atoms in total. The first-order chi connectivity index (χ1) is 19.0. The highest BCUT2D eigenvalue weighted by Crippen LogP contribution is 2.35. The first-order valence-corrected chi connectivity index (χ1v) is 13.9. The summed E-state index contributed by atoms with van der Waals surface area (Å²) in [5, 5.41) is 4.54.